The van der Waals surface area contributed by atoms with E-state index in [1.165, 1.54) is 0 Å². The molecule has 0 radical (unpaired) electrons. The Kier molecular flexibility index (Phi) is 4.47. The molecule has 2 aromatic rings. The van der Waals surface area contributed by atoms with Gasteiger partial charge in [0, 0.05) is 18.0 Å². The third-order valence-corrected chi connectivity index (χ3v) is 4.15. The lowest BCUT2D eigenvalue weighted by molar-refractivity contribution is 0.0920. The number of rotatable bonds is 5. The molecule has 6 heteroatoms. The number of amides is 1. The summed E-state index contributed by atoms with van der Waals surface area (Å²) in [4.78, 5) is 21.1. The van der Waals surface area contributed by atoms with Crippen LogP contribution in [0.2, 0.25) is 0 Å². The van der Waals surface area contributed by atoms with Gasteiger partial charge >= 0.3 is 0 Å². The summed E-state index contributed by atoms with van der Waals surface area (Å²) in [5.41, 5.74) is 7.10. The van der Waals surface area contributed by atoms with E-state index in [1.807, 2.05) is 13.8 Å². The molecule has 1 heterocycles. The van der Waals surface area contributed by atoms with Gasteiger partial charge in [-0.15, -0.1) is 0 Å². The zero-order valence-electron chi connectivity index (χ0n) is 12.1. The third-order valence-electron chi connectivity index (χ3n) is 3.76. The quantitative estimate of drug-likeness (QED) is 0.828. The Morgan fingerprint density at radius 2 is 1.86 bits per heavy atom. The van der Waals surface area contributed by atoms with E-state index < -0.39 is 5.54 Å². The number of nitrogens with zero attached hydrogens (tertiary/aromatic N) is 2. The lowest BCUT2D eigenvalue weighted by Crippen LogP contribution is -2.55. The van der Waals surface area contributed by atoms with Crippen LogP contribution in [0.5, 0.6) is 0 Å². The Labute approximate surface area is 129 Å². The zero-order chi connectivity index (χ0) is 15.5. The van der Waals surface area contributed by atoms with Gasteiger partial charge < -0.3 is 11.1 Å². The molecule has 5 nitrogen and oxygen atoms in total. The normalized spacial score (nSPS) is 11.3. The highest BCUT2D eigenvalue weighted by atomic mass is 32.1. The first-order chi connectivity index (χ1) is 10.0. The van der Waals surface area contributed by atoms with Gasteiger partial charge in [-0.25, -0.2) is 0 Å². The van der Waals surface area contributed by atoms with Crippen LogP contribution in [0.3, 0.4) is 0 Å². The highest BCUT2D eigenvalue weighted by Crippen LogP contribution is 2.18. The summed E-state index contributed by atoms with van der Waals surface area (Å²) in [6, 6.07) is 5.22. The Bertz CT molecular complexity index is 682. The van der Waals surface area contributed by atoms with Crippen molar-refractivity contribution in [2.75, 3.05) is 0 Å². The van der Waals surface area contributed by atoms with Crippen LogP contribution >= 0.6 is 12.2 Å². The first-order valence-electron chi connectivity index (χ1n) is 6.85. The molecule has 0 bridgehead atoms. The molecular weight excluding hydrogens is 284 g/mol. The van der Waals surface area contributed by atoms with Crippen molar-refractivity contribution in [2.45, 2.75) is 32.2 Å². The minimum atomic E-state index is -0.649. The van der Waals surface area contributed by atoms with Crippen LogP contribution in [0.15, 0.2) is 30.6 Å². The summed E-state index contributed by atoms with van der Waals surface area (Å²) in [5.74, 6) is -0.209. The number of fused-ring (bicyclic) bond motifs is 1. The van der Waals surface area contributed by atoms with E-state index >= 15 is 0 Å². The summed E-state index contributed by atoms with van der Waals surface area (Å²) >= 11 is 5.11. The fourth-order valence-electron chi connectivity index (χ4n) is 2.23. The molecule has 1 amide bonds. The average Bonchev–Trinajstić information content (AvgIpc) is 2.51. The summed E-state index contributed by atoms with van der Waals surface area (Å²) in [5, 5.41) is 2.96. The molecular formula is C15H18N4OS. The van der Waals surface area contributed by atoms with E-state index in [9.17, 15) is 4.79 Å². The molecule has 2 rings (SSSR count). The van der Waals surface area contributed by atoms with Crippen LogP contribution in [-0.2, 0) is 0 Å². The Balaban J connectivity index is 2.31. The highest BCUT2D eigenvalue weighted by molar-refractivity contribution is 7.80. The van der Waals surface area contributed by atoms with Gasteiger partial charge in [-0.3, -0.25) is 14.8 Å². The SMILES string of the molecule is CCC(CC)(NC(=O)c1ccc2nccnc2c1)C(N)=S. The summed E-state index contributed by atoms with van der Waals surface area (Å²) in [6.45, 7) is 3.91. The van der Waals surface area contributed by atoms with Crippen LogP contribution in [0, 0.1) is 0 Å². The first-order valence-corrected chi connectivity index (χ1v) is 7.26. The lowest BCUT2D eigenvalue weighted by Gasteiger charge is -2.31. The number of carbonyl (C=O) groups is 1. The topological polar surface area (TPSA) is 80.9 Å². The maximum Gasteiger partial charge on any atom is 0.252 e. The van der Waals surface area contributed by atoms with Crippen molar-refractivity contribution in [3.05, 3.63) is 36.2 Å². The Morgan fingerprint density at radius 1 is 1.24 bits per heavy atom. The predicted molar refractivity (Wildman–Crippen MR) is 87.1 cm³/mol. The van der Waals surface area contributed by atoms with Gasteiger partial charge in [-0.05, 0) is 31.0 Å². The van der Waals surface area contributed by atoms with E-state index in [0.29, 0.717) is 28.9 Å². The Hall–Kier alpha value is -2.08. The second-order valence-corrected chi connectivity index (χ2v) is 5.31. The molecule has 0 aliphatic heterocycles. The molecule has 1 aromatic carbocycles. The van der Waals surface area contributed by atoms with E-state index in [-0.39, 0.29) is 5.91 Å². The second-order valence-electron chi connectivity index (χ2n) is 4.87. The first kappa shape index (κ1) is 15.3. The van der Waals surface area contributed by atoms with Crippen LogP contribution < -0.4 is 11.1 Å². The smallest absolute Gasteiger partial charge is 0.252 e. The van der Waals surface area contributed by atoms with Gasteiger partial charge in [0.25, 0.3) is 5.91 Å². The molecule has 0 unspecified atom stereocenters. The number of hydrogen-bond acceptors (Lipinski definition) is 4. The largest absolute Gasteiger partial charge is 0.391 e. The third kappa shape index (κ3) is 3.00. The fourth-order valence-corrected chi connectivity index (χ4v) is 2.57. The Morgan fingerprint density at radius 3 is 2.43 bits per heavy atom. The monoisotopic (exact) mass is 302 g/mol. The van der Waals surface area contributed by atoms with E-state index in [0.717, 1.165) is 5.52 Å². The minimum Gasteiger partial charge on any atom is -0.391 e. The van der Waals surface area contributed by atoms with Gasteiger partial charge in [0.15, 0.2) is 0 Å². The molecule has 0 spiro atoms. The molecule has 0 atom stereocenters. The molecule has 0 fully saturated rings. The van der Waals surface area contributed by atoms with E-state index in [2.05, 4.69) is 15.3 Å². The predicted octanol–water partition coefficient (Wildman–Crippen LogP) is 2.20. The van der Waals surface area contributed by atoms with Crippen molar-refractivity contribution in [3.8, 4) is 0 Å². The van der Waals surface area contributed by atoms with Crippen LogP contribution in [-0.4, -0.2) is 26.4 Å². The molecule has 1 aromatic heterocycles. The van der Waals surface area contributed by atoms with Gasteiger partial charge in [-0.2, -0.15) is 0 Å². The van der Waals surface area contributed by atoms with Gasteiger partial charge in [0.2, 0.25) is 0 Å². The molecule has 0 saturated heterocycles. The maximum atomic E-state index is 12.5. The van der Waals surface area contributed by atoms with Crippen molar-refractivity contribution in [1.29, 1.82) is 0 Å². The van der Waals surface area contributed by atoms with Crippen LogP contribution in [0.4, 0.5) is 0 Å². The molecule has 0 aliphatic carbocycles. The second kappa shape index (κ2) is 6.13. The summed E-state index contributed by atoms with van der Waals surface area (Å²) < 4.78 is 0. The van der Waals surface area contributed by atoms with E-state index in [1.54, 1.807) is 30.6 Å². The number of aromatic nitrogens is 2. The highest BCUT2D eigenvalue weighted by Gasteiger charge is 2.31. The van der Waals surface area contributed by atoms with Crippen molar-refractivity contribution in [2.24, 2.45) is 5.73 Å². The van der Waals surface area contributed by atoms with E-state index in [4.69, 9.17) is 18.0 Å². The molecule has 3 N–H and O–H groups in total. The fraction of sp³-hybridized carbons (Fsp3) is 0.333. The van der Waals surface area contributed by atoms with Gasteiger partial charge in [0.1, 0.15) is 0 Å². The zero-order valence-corrected chi connectivity index (χ0v) is 12.9. The molecule has 110 valence electrons. The van der Waals surface area contributed by atoms with Crippen molar-refractivity contribution >= 4 is 34.1 Å². The average molecular weight is 302 g/mol. The van der Waals surface area contributed by atoms with Crippen molar-refractivity contribution in [3.63, 3.8) is 0 Å². The van der Waals surface area contributed by atoms with Crippen molar-refractivity contribution in [1.82, 2.24) is 15.3 Å². The summed E-state index contributed by atoms with van der Waals surface area (Å²) in [7, 11) is 0. The lowest BCUT2D eigenvalue weighted by atomic mass is 9.92. The number of benzene rings is 1. The molecule has 0 aliphatic rings. The molecule has 21 heavy (non-hydrogen) atoms. The number of hydrogen-bond donors (Lipinski definition) is 2. The number of nitrogens with one attached hydrogen (secondary N) is 1. The van der Waals surface area contributed by atoms with Gasteiger partial charge in [-0.1, -0.05) is 26.1 Å². The molecule has 0 saturated carbocycles. The van der Waals surface area contributed by atoms with Crippen LogP contribution in [0.25, 0.3) is 11.0 Å². The standard InChI is InChI=1S/C15H18N4OS/c1-3-15(4-2,14(16)21)19-13(20)10-5-6-11-12(9-10)18-8-7-17-11/h5-9H,3-4H2,1-2H3,(H2,16,21)(H,19,20). The maximum absolute atomic E-state index is 12.5. The number of nitrogens with two attached hydrogens (primary N) is 1. The van der Waals surface area contributed by atoms with Crippen molar-refractivity contribution < 1.29 is 4.79 Å². The van der Waals surface area contributed by atoms with Crippen LogP contribution in [0.1, 0.15) is 37.0 Å². The summed E-state index contributed by atoms with van der Waals surface area (Å²) in [6.07, 6.45) is 4.52. The number of thiocarbonyl (C=S) groups is 1. The number of carbonyl (C=O) groups excluding carboxylic acids is 1. The van der Waals surface area contributed by atoms with Gasteiger partial charge in [0.05, 0.1) is 21.6 Å². The minimum absolute atomic E-state index is 0.209.